The molecule has 2 aromatic rings. The van der Waals surface area contributed by atoms with Gasteiger partial charge in [0.25, 0.3) is 11.8 Å². The van der Waals surface area contributed by atoms with E-state index < -0.39 is 12.2 Å². The van der Waals surface area contributed by atoms with E-state index in [0.717, 1.165) is 0 Å². The maximum atomic E-state index is 12.8. The first-order valence-electron chi connectivity index (χ1n) is 10.6. The van der Waals surface area contributed by atoms with Gasteiger partial charge in [0.05, 0.1) is 37.1 Å². The maximum Gasteiger partial charge on any atom is 0.415 e. The average molecular weight is 473 g/mol. The highest BCUT2D eigenvalue weighted by atomic mass is 35.5. The number of hydrogen-bond donors (Lipinski definition) is 1. The van der Waals surface area contributed by atoms with Crippen LogP contribution in [0, 0.1) is 0 Å². The Balaban J connectivity index is 1.32. The highest BCUT2D eigenvalue weighted by molar-refractivity contribution is 6.29. The number of aromatic nitrogens is 1. The second-order valence-corrected chi connectivity index (χ2v) is 8.21. The van der Waals surface area contributed by atoms with Gasteiger partial charge in [0.2, 0.25) is 0 Å². The number of fused-ring (bicyclic) bond motifs is 3. The number of rotatable bonds is 4. The molecule has 10 nitrogen and oxygen atoms in total. The monoisotopic (exact) mass is 472 g/mol. The zero-order valence-electron chi connectivity index (χ0n) is 17.5. The van der Waals surface area contributed by atoms with Gasteiger partial charge in [-0.2, -0.15) is 0 Å². The number of amides is 3. The molecule has 3 amide bonds. The van der Waals surface area contributed by atoms with Gasteiger partial charge in [0, 0.05) is 30.9 Å². The van der Waals surface area contributed by atoms with E-state index in [9.17, 15) is 14.4 Å². The number of nitrogens with zero attached hydrogens (tertiary/aromatic N) is 3. The fraction of sp³-hybridized carbons (Fsp3) is 0.364. The second kappa shape index (κ2) is 8.87. The summed E-state index contributed by atoms with van der Waals surface area (Å²) in [5.41, 5.74) is 1.62. The topological polar surface area (TPSA) is 110 Å². The third-order valence-corrected chi connectivity index (χ3v) is 6.06. The van der Waals surface area contributed by atoms with Crippen LogP contribution in [0.3, 0.4) is 0 Å². The summed E-state index contributed by atoms with van der Waals surface area (Å²) in [4.78, 5) is 44.5. The normalized spacial score (nSPS) is 22.1. The molecule has 4 heterocycles. The molecular weight excluding hydrogens is 452 g/mol. The van der Waals surface area contributed by atoms with Crippen LogP contribution in [0.1, 0.15) is 16.8 Å². The van der Waals surface area contributed by atoms with Gasteiger partial charge in [0.15, 0.2) is 0 Å². The van der Waals surface area contributed by atoms with Crippen molar-refractivity contribution in [1.82, 2.24) is 10.3 Å². The Labute approximate surface area is 194 Å². The summed E-state index contributed by atoms with van der Waals surface area (Å²) in [6.07, 6.45) is 0.859. The lowest BCUT2D eigenvalue weighted by molar-refractivity contribution is -0.125. The molecule has 1 aromatic carbocycles. The van der Waals surface area contributed by atoms with E-state index in [4.69, 9.17) is 25.8 Å². The minimum atomic E-state index is -0.545. The molecule has 2 atom stereocenters. The lowest BCUT2D eigenvalue weighted by Gasteiger charge is -2.28. The molecule has 2 fully saturated rings. The second-order valence-electron chi connectivity index (χ2n) is 7.83. The minimum absolute atomic E-state index is 0.0396. The van der Waals surface area contributed by atoms with Crippen molar-refractivity contribution >= 4 is 40.9 Å². The van der Waals surface area contributed by atoms with Crippen LogP contribution in [0.4, 0.5) is 16.2 Å². The minimum Gasteiger partial charge on any atom is -0.491 e. The molecule has 0 saturated carbocycles. The van der Waals surface area contributed by atoms with Crippen molar-refractivity contribution in [3.63, 3.8) is 0 Å². The van der Waals surface area contributed by atoms with Crippen LogP contribution < -0.4 is 19.9 Å². The van der Waals surface area contributed by atoms with Gasteiger partial charge in [0.1, 0.15) is 23.6 Å². The van der Waals surface area contributed by atoms with Crippen molar-refractivity contribution in [2.45, 2.75) is 18.6 Å². The van der Waals surface area contributed by atoms with Crippen LogP contribution in [-0.4, -0.2) is 67.9 Å². The molecule has 5 rings (SSSR count). The van der Waals surface area contributed by atoms with Gasteiger partial charge in [-0.15, -0.1) is 0 Å². The maximum absolute atomic E-state index is 12.8. The molecule has 0 aliphatic carbocycles. The van der Waals surface area contributed by atoms with Crippen LogP contribution in [0.5, 0.6) is 5.75 Å². The lowest BCUT2D eigenvalue weighted by atomic mass is 10.1. The number of pyridine rings is 1. The average Bonchev–Trinajstić information content (AvgIpc) is 3.00. The number of ether oxygens (including phenoxy) is 3. The Morgan fingerprint density at radius 2 is 2.09 bits per heavy atom. The van der Waals surface area contributed by atoms with Crippen LogP contribution in [0.15, 0.2) is 36.5 Å². The van der Waals surface area contributed by atoms with Gasteiger partial charge in [-0.25, -0.2) is 9.78 Å². The number of morpholine rings is 1. The number of carbonyl (C=O) groups excluding carboxylic acids is 3. The van der Waals surface area contributed by atoms with Crippen LogP contribution in [-0.2, 0) is 14.3 Å². The zero-order valence-corrected chi connectivity index (χ0v) is 18.3. The molecule has 11 heteroatoms. The SMILES string of the molecule is O=C(NC[C@@H]1OC(=O)N2c3ccc(N4CCOCC4=O)cc3OCC[C@@H]12)c1ccc(Cl)nc1. The predicted molar refractivity (Wildman–Crippen MR) is 118 cm³/mol. The molecule has 0 unspecified atom stereocenters. The Morgan fingerprint density at radius 1 is 1.21 bits per heavy atom. The summed E-state index contributed by atoms with van der Waals surface area (Å²) >= 11 is 5.76. The highest BCUT2D eigenvalue weighted by Gasteiger charge is 2.45. The van der Waals surface area contributed by atoms with Crippen LogP contribution >= 0.6 is 11.6 Å². The van der Waals surface area contributed by atoms with Crippen molar-refractivity contribution in [2.24, 2.45) is 0 Å². The predicted octanol–water partition coefficient (Wildman–Crippen LogP) is 2.00. The van der Waals surface area contributed by atoms with Gasteiger partial charge >= 0.3 is 6.09 Å². The molecule has 3 aliphatic heterocycles. The third kappa shape index (κ3) is 4.19. The zero-order chi connectivity index (χ0) is 22.9. The van der Waals surface area contributed by atoms with E-state index in [-0.39, 0.29) is 31.0 Å². The van der Waals surface area contributed by atoms with E-state index >= 15 is 0 Å². The van der Waals surface area contributed by atoms with Crippen molar-refractivity contribution in [1.29, 1.82) is 0 Å². The van der Waals surface area contributed by atoms with Gasteiger partial charge in [-0.3, -0.25) is 14.5 Å². The first-order chi connectivity index (χ1) is 16.0. The van der Waals surface area contributed by atoms with E-state index in [1.807, 2.05) is 0 Å². The first-order valence-corrected chi connectivity index (χ1v) is 10.9. The standard InChI is InChI=1S/C22H21ClN4O6/c23-19-4-1-13(10-24-19)21(29)25-11-18-16-5-7-32-17-9-14(26-6-8-31-12-20(26)28)2-3-15(17)27(16)22(30)33-18/h1-4,9-10,16,18H,5-8,11-12H2,(H,25,29)/t16-,18-/m0/s1. The molecule has 2 saturated heterocycles. The smallest absolute Gasteiger partial charge is 0.415 e. The molecule has 172 valence electrons. The van der Waals surface area contributed by atoms with Gasteiger partial charge < -0.3 is 24.4 Å². The van der Waals surface area contributed by atoms with Crippen LogP contribution in [0.2, 0.25) is 5.15 Å². The fourth-order valence-electron chi connectivity index (χ4n) is 4.21. The van der Waals surface area contributed by atoms with E-state index in [2.05, 4.69) is 10.3 Å². The summed E-state index contributed by atoms with van der Waals surface area (Å²) in [6, 6.07) is 8.10. The largest absolute Gasteiger partial charge is 0.491 e. The van der Waals surface area contributed by atoms with Crippen molar-refractivity contribution in [3.05, 3.63) is 47.2 Å². The number of halogens is 1. The number of cyclic esters (lactones) is 1. The van der Waals surface area contributed by atoms with E-state index in [0.29, 0.717) is 54.0 Å². The number of nitrogens with one attached hydrogen (secondary N) is 1. The summed E-state index contributed by atoms with van der Waals surface area (Å²) in [5, 5.41) is 3.09. The molecule has 1 N–H and O–H groups in total. The molecule has 1 aromatic heterocycles. The molecule has 0 radical (unpaired) electrons. The number of anilines is 2. The number of benzene rings is 1. The van der Waals surface area contributed by atoms with Crippen molar-refractivity contribution < 1.29 is 28.6 Å². The van der Waals surface area contributed by atoms with Crippen molar-refractivity contribution in [2.75, 3.05) is 42.7 Å². The van der Waals surface area contributed by atoms with Gasteiger partial charge in [-0.1, -0.05) is 11.6 Å². The fourth-order valence-corrected chi connectivity index (χ4v) is 4.32. The first kappa shape index (κ1) is 21.5. The molecular formula is C22H21ClN4O6. The number of carbonyl (C=O) groups is 3. The van der Waals surface area contributed by atoms with E-state index in [1.165, 1.54) is 12.3 Å². The lowest BCUT2D eigenvalue weighted by Crippen LogP contribution is -2.42. The Hall–Kier alpha value is -3.37. The number of hydrogen-bond acceptors (Lipinski definition) is 7. The van der Waals surface area contributed by atoms with Crippen molar-refractivity contribution in [3.8, 4) is 5.75 Å². The summed E-state index contributed by atoms with van der Waals surface area (Å²) < 4.78 is 16.7. The third-order valence-electron chi connectivity index (χ3n) is 5.83. The van der Waals surface area contributed by atoms with Gasteiger partial charge in [-0.05, 0) is 24.3 Å². The van der Waals surface area contributed by atoms with E-state index in [1.54, 1.807) is 34.1 Å². The Morgan fingerprint density at radius 3 is 2.88 bits per heavy atom. The molecule has 0 bridgehead atoms. The quantitative estimate of drug-likeness (QED) is 0.677. The summed E-state index contributed by atoms with van der Waals surface area (Å²) in [7, 11) is 0. The Kier molecular flexibility index (Phi) is 5.77. The van der Waals surface area contributed by atoms with Crippen LogP contribution in [0.25, 0.3) is 0 Å². The molecule has 3 aliphatic rings. The summed E-state index contributed by atoms with van der Waals surface area (Å²) in [5.74, 6) is 0.0434. The Bertz CT molecular complexity index is 1090. The molecule has 0 spiro atoms. The summed E-state index contributed by atoms with van der Waals surface area (Å²) in [6.45, 7) is 1.46. The molecule has 33 heavy (non-hydrogen) atoms. The highest BCUT2D eigenvalue weighted by Crippen LogP contribution is 2.40.